The Hall–Kier alpha value is -4.67. The van der Waals surface area contributed by atoms with Gasteiger partial charge in [0.05, 0.1) is 12.1 Å². The number of hydrogen-bond acceptors (Lipinski definition) is 8. The lowest BCUT2D eigenvalue weighted by Crippen LogP contribution is -2.46. The zero-order valence-corrected chi connectivity index (χ0v) is 23.0. The second-order valence-electron chi connectivity index (χ2n) is 10.1. The number of anilines is 3. The zero-order valence-electron chi connectivity index (χ0n) is 23.0. The van der Waals surface area contributed by atoms with Crippen LogP contribution in [0.15, 0.2) is 79.3 Å². The van der Waals surface area contributed by atoms with Gasteiger partial charge in [-0.2, -0.15) is 0 Å². The van der Waals surface area contributed by atoms with Gasteiger partial charge in [0.15, 0.2) is 0 Å². The first-order chi connectivity index (χ1) is 19.9. The molecule has 0 spiro atoms. The van der Waals surface area contributed by atoms with Gasteiger partial charge in [-0.1, -0.05) is 18.2 Å². The van der Waals surface area contributed by atoms with Crippen LogP contribution in [0.2, 0.25) is 0 Å². The quantitative estimate of drug-likeness (QED) is 0.262. The molecule has 0 atom stereocenters. The first-order valence-electron chi connectivity index (χ1n) is 13.6. The molecule has 3 heterocycles. The number of hydrogen-bond donors (Lipinski definition) is 3. The standard InChI is InChI=1S/C31H33N7O3/c1-22-4-9-26(19-28(22)36-31-33-13-10-27(35-31)25-3-2-12-32-20-25)34-30(41)24-7-5-23(6-8-24)21-38-17-15-37(16-18-38)14-11-29(39)40/h2-10,12-13,19-20H,11,14-18,21H2,1H3,(H,34,41)(H,39,40)(H,33,35,36). The van der Waals surface area contributed by atoms with Gasteiger partial charge in [-0.15, -0.1) is 0 Å². The van der Waals surface area contributed by atoms with Crippen molar-refractivity contribution < 1.29 is 14.7 Å². The maximum Gasteiger partial charge on any atom is 0.304 e. The maximum atomic E-state index is 13.0. The van der Waals surface area contributed by atoms with Crippen LogP contribution in [0.5, 0.6) is 0 Å². The number of aryl methyl sites for hydroxylation is 1. The smallest absolute Gasteiger partial charge is 0.304 e. The minimum absolute atomic E-state index is 0.180. The number of piperazine rings is 1. The van der Waals surface area contributed by atoms with Gasteiger partial charge in [0.1, 0.15) is 0 Å². The van der Waals surface area contributed by atoms with Crippen molar-refractivity contribution in [1.82, 2.24) is 24.8 Å². The zero-order chi connectivity index (χ0) is 28.6. The van der Waals surface area contributed by atoms with Gasteiger partial charge >= 0.3 is 5.97 Å². The molecule has 0 aliphatic carbocycles. The molecule has 0 unspecified atom stereocenters. The van der Waals surface area contributed by atoms with E-state index < -0.39 is 5.97 Å². The first-order valence-corrected chi connectivity index (χ1v) is 13.6. The predicted octanol–water partition coefficient (Wildman–Crippen LogP) is 4.44. The molecule has 0 saturated carbocycles. The molecule has 0 radical (unpaired) electrons. The molecule has 1 saturated heterocycles. The van der Waals surface area contributed by atoms with E-state index in [1.54, 1.807) is 18.6 Å². The van der Waals surface area contributed by atoms with E-state index in [1.807, 2.05) is 67.6 Å². The summed E-state index contributed by atoms with van der Waals surface area (Å²) < 4.78 is 0. The third-order valence-corrected chi connectivity index (χ3v) is 7.08. The molecule has 1 aliphatic heterocycles. The van der Waals surface area contributed by atoms with Gasteiger partial charge in [-0.25, -0.2) is 9.97 Å². The lowest BCUT2D eigenvalue weighted by molar-refractivity contribution is -0.137. The van der Waals surface area contributed by atoms with Gasteiger partial charge in [0, 0.05) is 80.4 Å². The Bertz CT molecular complexity index is 1490. The molecule has 2 aromatic heterocycles. The van der Waals surface area contributed by atoms with Crippen molar-refractivity contribution in [1.29, 1.82) is 0 Å². The van der Waals surface area contributed by atoms with Crippen molar-refractivity contribution in [3.05, 3.63) is 95.9 Å². The Balaban J connectivity index is 1.17. The van der Waals surface area contributed by atoms with Crippen LogP contribution >= 0.6 is 0 Å². The number of carbonyl (C=O) groups excluding carboxylic acids is 1. The molecule has 1 aliphatic rings. The Morgan fingerprint density at radius 2 is 1.73 bits per heavy atom. The predicted molar refractivity (Wildman–Crippen MR) is 158 cm³/mol. The molecule has 3 N–H and O–H groups in total. The molecule has 10 nitrogen and oxygen atoms in total. The van der Waals surface area contributed by atoms with Gasteiger partial charge < -0.3 is 20.6 Å². The molecular formula is C31H33N7O3. The summed E-state index contributed by atoms with van der Waals surface area (Å²) in [4.78, 5) is 41.5. The minimum Gasteiger partial charge on any atom is -0.481 e. The molecule has 10 heteroatoms. The van der Waals surface area contributed by atoms with Crippen LogP contribution in [-0.4, -0.2) is 74.5 Å². The van der Waals surface area contributed by atoms with Crippen LogP contribution in [0.3, 0.4) is 0 Å². The highest BCUT2D eigenvalue weighted by atomic mass is 16.4. The van der Waals surface area contributed by atoms with E-state index >= 15 is 0 Å². The largest absolute Gasteiger partial charge is 0.481 e. The van der Waals surface area contributed by atoms with Crippen molar-refractivity contribution >= 4 is 29.2 Å². The molecule has 1 amide bonds. The molecule has 1 fully saturated rings. The average molecular weight is 552 g/mol. The second-order valence-corrected chi connectivity index (χ2v) is 10.1. The number of carboxylic acids is 1. The fraction of sp³-hybridized carbons (Fsp3) is 0.258. The van der Waals surface area contributed by atoms with E-state index in [0.29, 0.717) is 23.7 Å². The van der Waals surface area contributed by atoms with Crippen LogP contribution in [0.4, 0.5) is 17.3 Å². The minimum atomic E-state index is -0.756. The van der Waals surface area contributed by atoms with E-state index in [-0.39, 0.29) is 12.3 Å². The van der Waals surface area contributed by atoms with Crippen molar-refractivity contribution in [3.63, 3.8) is 0 Å². The van der Waals surface area contributed by atoms with Gasteiger partial charge in [-0.3, -0.25) is 19.5 Å². The highest BCUT2D eigenvalue weighted by Gasteiger charge is 2.18. The third kappa shape index (κ3) is 7.71. The number of nitrogens with one attached hydrogen (secondary N) is 2. The third-order valence-electron chi connectivity index (χ3n) is 7.08. The van der Waals surface area contributed by atoms with E-state index in [4.69, 9.17) is 5.11 Å². The Morgan fingerprint density at radius 3 is 2.46 bits per heavy atom. The van der Waals surface area contributed by atoms with Crippen molar-refractivity contribution in [2.24, 2.45) is 0 Å². The average Bonchev–Trinajstić information content (AvgIpc) is 2.99. The number of aromatic nitrogens is 3. The van der Waals surface area contributed by atoms with E-state index in [1.165, 1.54) is 0 Å². The molecule has 41 heavy (non-hydrogen) atoms. The number of pyridine rings is 1. The summed E-state index contributed by atoms with van der Waals surface area (Å²) in [5, 5.41) is 15.1. The fourth-order valence-electron chi connectivity index (χ4n) is 4.70. The number of carboxylic acid groups (broad SMARTS) is 1. The van der Waals surface area contributed by atoms with Crippen molar-refractivity contribution in [2.45, 2.75) is 19.9 Å². The summed E-state index contributed by atoms with van der Waals surface area (Å²) in [5.41, 5.74) is 5.83. The lowest BCUT2D eigenvalue weighted by Gasteiger charge is -2.34. The molecule has 0 bridgehead atoms. The second kappa shape index (κ2) is 13.1. The van der Waals surface area contributed by atoms with Gasteiger partial charge in [-0.05, 0) is 60.5 Å². The number of aliphatic carboxylic acids is 1. The van der Waals surface area contributed by atoms with E-state index in [9.17, 15) is 9.59 Å². The topological polar surface area (TPSA) is 124 Å². The van der Waals surface area contributed by atoms with Crippen LogP contribution in [0.1, 0.15) is 27.9 Å². The summed E-state index contributed by atoms with van der Waals surface area (Å²) in [6.07, 6.45) is 5.36. The monoisotopic (exact) mass is 551 g/mol. The van der Waals surface area contributed by atoms with Gasteiger partial charge in [0.25, 0.3) is 5.91 Å². The van der Waals surface area contributed by atoms with Crippen LogP contribution in [0, 0.1) is 6.92 Å². The Morgan fingerprint density at radius 1 is 0.951 bits per heavy atom. The summed E-state index contributed by atoms with van der Waals surface area (Å²) >= 11 is 0. The highest BCUT2D eigenvalue weighted by Crippen LogP contribution is 2.25. The summed E-state index contributed by atoms with van der Waals surface area (Å²) in [6, 6.07) is 19.0. The fourth-order valence-corrected chi connectivity index (χ4v) is 4.70. The van der Waals surface area contributed by atoms with Crippen LogP contribution in [-0.2, 0) is 11.3 Å². The normalized spacial score (nSPS) is 14.0. The number of amides is 1. The lowest BCUT2D eigenvalue weighted by atomic mass is 10.1. The number of nitrogens with zero attached hydrogens (tertiary/aromatic N) is 5. The number of rotatable bonds is 10. The highest BCUT2D eigenvalue weighted by molar-refractivity contribution is 6.04. The van der Waals surface area contributed by atoms with Crippen molar-refractivity contribution in [3.8, 4) is 11.3 Å². The number of benzene rings is 2. The summed E-state index contributed by atoms with van der Waals surface area (Å²) in [6.45, 7) is 6.89. The molecule has 210 valence electrons. The molecule has 2 aromatic carbocycles. The van der Waals surface area contributed by atoms with Crippen LogP contribution < -0.4 is 10.6 Å². The summed E-state index contributed by atoms with van der Waals surface area (Å²) in [7, 11) is 0. The molecular weight excluding hydrogens is 518 g/mol. The first kappa shape index (κ1) is 27.9. The number of carbonyl (C=O) groups is 2. The molecule has 5 rings (SSSR count). The van der Waals surface area contributed by atoms with Crippen molar-refractivity contribution in [2.75, 3.05) is 43.4 Å². The Kier molecular flexibility index (Phi) is 8.92. The molecule has 4 aromatic rings. The van der Waals surface area contributed by atoms with E-state index in [0.717, 1.165) is 60.8 Å². The van der Waals surface area contributed by atoms with E-state index in [2.05, 4.69) is 35.4 Å². The maximum absolute atomic E-state index is 13.0. The van der Waals surface area contributed by atoms with Gasteiger partial charge in [0.2, 0.25) is 5.95 Å². The Labute approximate surface area is 239 Å². The van der Waals surface area contributed by atoms with Crippen LogP contribution in [0.25, 0.3) is 11.3 Å². The summed E-state index contributed by atoms with van der Waals surface area (Å²) in [5.74, 6) is -0.489. The SMILES string of the molecule is Cc1ccc(NC(=O)c2ccc(CN3CCN(CCC(=O)O)CC3)cc2)cc1Nc1nccc(-c2cccnc2)n1.